The van der Waals surface area contributed by atoms with Crippen LogP contribution in [-0.4, -0.2) is 64.2 Å². The molecule has 0 radical (unpaired) electrons. The van der Waals surface area contributed by atoms with Crippen LogP contribution in [0.4, 0.5) is 0 Å². The van der Waals surface area contributed by atoms with Crippen molar-refractivity contribution in [1.82, 2.24) is 19.9 Å². The van der Waals surface area contributed by atoms with Crippen LogP contribution in [0.2, 0.25) is 0 Å². The van der Waals surface area contributed by atoms with Crippen LogP contribution in [0.5, 0.6) is 0 Å². The summed E-state index contributed by atoms with van der Waals surface area (Å²) in [6.07, 6.45) is 5.34. The van der Waals surface area contributed by atoms with Gasteiger partial charge < -0.3 is 35.4 Å². The summed E-state index contributed by atoms with van der Waals surface area (Å²) in [7, 11) is 0. The van der Waals surface area contributed by atoms with Gasteiger partial charge in [-0.15, -0.1) is 0 Å². The Morgan fingerprint density at radius 1 is 0.550 bits per heavy atom. The number of H-pyrrole nitrogens is 3. The number of nitrogens with one attached hydrogen (secondary N) is 3. The molecule has 4 aromatic rings. The van der Waals surface area contributed by atoms with Gasteiger partial charge in [0.2, 0.25) is 0 Å². The van der Waals surface area contributed by atoms with Crippen molar-refractivity contribution in [3.8, 4) is 0 Å². The van der Waals surface area contributed by atoms with Crippen LogP contribution in [0, 0.1) is 49.4 Å². The van der Waals surface area contributed by atoms with E-state index in [1.807, 2.05) is 0 Å². The van der Waals surface area contributed by atoms with E-state index in [9.17, 15) is 33.6 Å². The van der Waals surface area contributed by atoms with Crippen molar-refractivity contribution < 1.29 is 89.0 Å². The molecule has 0 aliphatic rings. The smallest absolute Gasteiger partial charge is 0.477 e. The second-order valence-corrected chi connectivity index (χ2v) is 6.75. The third kappa shape index (κ3) is 14.4. The van der Waals surface area contributed by atoms with E-state index in [2.05, 4.69) is 19.9 Å². The number of hydrogen-bond acceptors (Lipinski definition) is 8. The minimum atomic E-state index is -1.13. The summed E-state index contributed by atoms with van der Waals surface area (Å²) in [6.45, 7) is 0. The fourth-order valence-electron chi connectivity index (χ4n) is 2.20. The Bertz CT molecular complexity index is 1450. The summed E-state index contributed by atoms with van der Waals surface area (Å²) in [5, 5.41) is 33.3. The van der Waals surface area contributed by atoms with Crippen molar-refractivity contribution in [2.24, 2.45) is 0 Å². The molecule has 0 bridgehead atoms. The van der Waals surface area contributed by atoms with Gasteiger partial charge in [-0.2, -0.15) is 0 Å². The van der Waals surface area contributed by atoms with Gasteiger partial charge in [0.05, 0.1) is 0 Å². The van der Waals surface area contributed by atoms with Gasteiger partial charge in [-0.05, 0) is 12.1 Å². The van der Waals surface area contributed by atoms with Crippen molar-refractivity contribution in [2.45, 2.75) is 0 Å². The van der Waals surface area contributed by atoms with Crippen LogP contribution in [-0.2, 0) is 0 Å². The molecule has 0 saturated heterocycles. The number of hydrogen-bond donors (Lipinski definition) is 7. The molecule has 4 aromatic heterocycles. The van der Waals surface area contributed by atoms with Gasteiger partial charge in [0.1, 0.15) is 22.8 Å². The van der Waals surface area contributed by atoms with Crippen LogP contribution < -0.4 is 16.3 Å². The van der Waals surface area contributed by atoms with Crippen LogP contribution in [0.3, 0.4) is 0 Å². The summed E-state index contributed by atoms with van der Waals surface area (Å²) in [5.41, 5.74) is -1.12. The number of aromatic amines is 3. The van der Waals surface area contributed by atoms with Crippen LogP contribution >= 0.6 is 0 Å². The van der Waals surface area contributed by atoms with E-state index >= 15 is 0 Å². The van der Waals surface area contributed by atoms with E-state index in [-0.39, 0.29) is 88.4 Å². The molecular weight excluding hydrogens is 672 g/mol. The average Bonchev–Trinajstić information content (AvgIpc) is 2.90. The molecule has 4 rings (SSSR count). The van der Waals surface area contributed by atoms with Crippen LogP contribution in [0.15, 0.2) is 93.8 Å². The van der Waals surface area contributed by atoms with Gasteiger partial charge in [0, 0.05) is 61.2 Å². The molecule has 0 saturated carbocycles. The quantitative estimate of drug-likeness (QED) is 0.158. The Labute approximate surface area is 263 Å². The molecule has 40 heavy (non-hydrogen) atoms. The average molecular weight is 692 g/mol. The number of carboxylic acids is 4. The van der Waals surface area contributed by atoms with Crippen molar-refractivity contribution in [3.63, 3.8) is 0 Å². The third-order valence-electron chi connectivity index (χ3n) is 3.89. The first-order chi connectivity index (χ1) is 18.4. The van der Waals surface area contributed by atoms with Gasteiger partial charge in [-0.25, -0.2) is 24.2 Å². The monoisotopic (exact) mass is 693 g/mol. The van der Waals surface area contributed by atoms with E-state index < -0.39 is 23.9 Å². The SMILES string of the molecule is O=C(O)c1cc(=O)cc[nH]1.O=C(O)c1cc(=O)cc[nH]1.O=C(O)c1cc(=O)cc[nH]1.O=C(O)c1ccccn1.[Eu+3]. The van der Waals surface area contributed by atoms with Gasteiger partial charge >= 0.3 is 73.3 Å². The van der Waals surface area contributed by atoms with Crippen LogP contribution in [0.1, 0.15) is 42.0 Å². The Kier molecular flexibility index (Phi) is 16.6. The van der Waals surface area contributed by atoms with Crippen molar-refractivity contribution in [2.75, 3.05) is 0 Å². The number of aromatic nitrogens is 4. The molecular formula is C24H20EuN4O11+3. The first-order valence-corrected chi connectivity index (χ1v) is 10.3. The van der Waals surface area contributed by atoms with E-state index in [0.717, 1.165) is 18.2 Å². The second-order valence-electron chi connectivity index (χ2n) is 6.75. The minimum absolute atomic E-state index is 0. The number of carbonyl (C=O) groups is 4. The molecule has 0 aromatic carbocycles. The number of aromatic carboxylic acids is 4. The molecule has 15 nitrogen and oxygen atoms in total. The summed E-state index contributed by atoms with van der Waals surface area (Å²) >= 11 is 0. The first kappa shape index (κ1) is 35.5. The fraction of sp³-hybridized carbons (Fsp3) is 0. The Morgan fingerprint density at radius 3 is 1.07 bits per heavy atom. The van der Waals surface area contributed by atoms with Gasteiger partial charge in [0.15, 0.2) is 16.3 Å². The number of carboxylic acid groups (broad SMARTS) is 4. The van der Waals surface area contributed by atoms with Crippen molar-refractivity contribution >= 4 is 23.9 Å². The van der Waals surface area contributed by atoms with Gasteiger partial charge in [-0.1, -0.05) is 6.07 Å². The Morgan fingerprint density at radius 2 is 0.900 bits per heavy atom. The summed E-state index contributed by atoms with van der Waals surface area (Å²) in [4.78, 5) is 83.0. The molecule has 4 heterocycles. The maximum atomic E-state index is 10.5. The maximum Gasteiger partial charge on any atom is 3.00 e. The Balaban J connectivity index is 0.000000503. The summed E-state index contributed by atoms with van der Waals surface area (Å²) < 4.78 is 0. The third-order valence-corrected chi connectivity index (χ3v) is 3.89. The van der Waals surface area contributed by atoms with E-state index in [4.69, 9.17) is 20.4 Å². The molecule has 0 spiro atoms. The van der Waals surface area contributed by atoms with Crippen LogP contribution in [0.25, 0.3) is 0 Å². The van der Waals surface area contributed by atoms with Crippen molar-refractivity contribution in [3.05, 3.63) is 133 Å². The molecule has 206 valence electrons. The maximum absolute atomic E-state index is 10.5. The zero-order valence-electron chi connectivity index (χ0n) is 20.0. The van der Waals surface area contributed by atoms with E-state index in [1.165, 1.54) is 49.1 Å². The fourth-order valence-corrected chi connectivity index (χ4v) is 2.20. The molecule has 16 heteroatoms. The zero-order valence-corrected chi connectivity index (χ0v) is 22.4. The number of pyridine rings is 4. The zero-order chi connectivity index (χ0) is 29.4. The first-order valence-electron chi connectivity index (χ1n) is 10.3. The topological polar surface area (TPSA) is 261 Å². The molecule has 7 N–H and O–H groups in total. The summed E-state index contributed by atoms with van der Waals surface area (Å²) in [5.74, 6) is -4.37. The standard InChI is InChI=1S/3C6H5NO3.C6H5NO2.Eu/c3*8-4-1-2-7-5(3-4)6(9)10;8-6(9)5-3-1-2-4-7-5;/h3*1-3H,(H,7,8)(H,9,10);1-4H,(H,8,9);/q;;;;+3. The molecule has 0 unspecified atom stereocenters. The number of nitrogens with zero attached hydrogens (tertiary/aromatic N) is 1. The molecule has 0 aliphatic carbocycles. The largest absolute Gasteiger partial charge is 3.00 e. The van der Waals surface area contributed by atoms with E-state index in [0.29, 0.717) is 0 Å². The Hall–Kier alpha value is -4.54. The van der Waals surface area contributed by atoms with E-state index in [1.54, 1.807) is 12.1 Å². The predicted octanol–water partition coefficient (Wildman–Crippen LogP) is 0.999. The molecule has 0 amide bonds. The number of rotatable bonds is 4. The normalized spacial score (nSPS) is 8.90. The van der Waals surface area contributed by atoms with Crippen molar-refractivity contribution in [1.29, 1.82) is 0 Å². The molecule has 0 fully saturated rings. The molecule has 0 aliphatic heterocycles. The summed E-state index contributed by atoms with van der Waals surface area (Å²) in [6, 6.07) is 11.6. The molecule has 0 atom stereocenters. The minimum Gasteiger partial charge on any atom is -0.477 e. The predicted molar refractivity (Wildman–Crippen MR) is 133 cm³/mol. The van der Waals surface area contributed by atoms with Gasteiger partial charge in [0.25, 0.3) is 0 Å². The second kappa shape index (κ2) is 18.7. The van der Waals surface area contributed by atoms with Gasteiger partial charge in [-0.3, -0.25) is 14.4 Å².